The number of allylic oxidation sites excluding steroid dienone is 1. The third kappa shape index (κ3) is 6.99. The molecule has 0 aliphatic heterocycles. The van der Waals surface area contributed by atoms with E-state index in [0.29, 0.717) is 0 Å². The van der Waals surface area contributed by atoms with Gasteiger partial charge in [-0.15, -0.1) is 0 Å². The molecule has 5 heteroatoms. The van der Waals surface area contributed by atoms with E-state index in [1.165, 1.54) is 0 Å². The Labute approximate surface area is 125 Å². The first kappa shape index (κ1) is 19.8. The van der Waals surface area contributed by atoms with Crippen molar-refractivity contribution >= 4 is 8.80 Å². The molecule has 0 fully saturated rings. The molecule has 0 aromatic heterocycles. The van der Waals surface area contributed by atoms with Crippen molar-refractivity contribution in [3.8, 4) is 0 Å². The summed E-state index contributed by atoms with van der Waals surface area (Å²) in [7, 11) is 0.746. The molecule has 20 heavy (non-hydrogen) atoms. The average Bonchev–Trinajstić information content (AvgIpc) is 2.44. The second-order valence-electron chi connectivity index (χ2n) is 5.16. The van der Waals surface area contributed by atoms with Crippen LogP contribution in [0, 0.1) is 0 Å². The van der Waals surface area contributed by atoms with E-state index in [1.54, 1.807) is 14.2 Å². The monoisotopic (exact) mass is 304 g/mol. The summed E-state index contributed by atoms with van der Waals surface area (Å²) in [5, 5.41) is 0. The summed E-state index contributed by atoms with van der Waals surface area (Å²) in [4.78, 5) is 0. The zero-order chi connectivity index (χ0) is 15.5. The van der Waals surface area contributed by atoms with E-state index in [4.69, 9.17) is 18.0 Å². The molecule has 4 nitrogen and oxygen atoms in total. The lowest BCUT2D eigenvalue weighted by Crippen LogP contribution is -2.45. The van der Waals surface area contributed by atoms with Crippen LogP contribution in [0.15, 0.2) is 12.2 Å². The van der Waals surface area contributed by atoms with Crippen LogP contribution in [-0.2, 0) is 18.0 Å². The maximum Gasteiger partial charge on any atom is 0.502 e. The maximum absolute atomic E-state index is 5.94. The molecule has 0 aromatic carbocycles. The number of ether oxygens (including phenoxy) is 1. The van der Waals surface area contributed by atoms with Gasteiger partial charge in [-0.3, -0.25) is 0 Å². The zero-order valence-electron chi connectivity index (χ0n) is 14.0. The van der Waals surface area contributed by atoms with Crippen LogP contribution < -0.4 is 0 Å². The van der Waals surface area contributed by atoms with Crippen LogP contribution in [-0.4, -0.2) is 35.4 Å². The Morgan fingerprint density at radius 1 is 1.10 bits per heavy atom. The predicted octanol–water partition coefficient (Wildman–Crippen LogP) is 4.14. The minimum atomic E-state index is -2.55. The molecule has 120 valence electrons. The summed E-state index contributed by atoms with van der Waals surface area (Å²) in [5.41, 5.74) is -0.279. The number of hydrogen-bond donors (Lipinski definition) is 0. The van der Waals surface area contributed by atoms with Crippen molar-refractivity contribution in [2.75, 3.05) is 21.0 Å². The maximum atomic E-state index is 5.94. The summed E-state index contributed by atoms with van der Waals surface area (Å²) < 4.78 is 22.7. The molecule has 0 bridgehead atoms. The standard InChI is InChI=1S/C15H32O4Si/c1-7-10-12-15(4,11-8-2)18-14-19-20(16-5,17-6)13-9-3/h8,11H,7,9-10,12-14H2,1-6H3. The third-order valence-electron chi connectivity index (χ3n) is 3.39. The normalized spacial score (nSPS) is 15.7. The molecule has 0 aliphatic carbocycles. The van der Waals surface area contributed by atoms with Gasteiger partial charge in [0.25, 0.3) is 0 Å². The summed E-state index contributed by atoms with van der Waals surface area (Å²) in [6.07, 6.45) is 8.36. The van der Waals surface area contributed by atoms with Gasteiger partial charge < -0.3 is 18.0 Å². The van der Waals surface area contributed by atoms with E-state index in [1.807, 2.05) is 13.0 Å². The summed E-state index contributed by atoms with van der Waals surface area (Å²) >= 11 is 0. The fraction of sp³-hybridized carbons (Fsp3) is 0.867. The van der Waals surface area contributed by atoms with Crippen molar-refractivity contribution in [3.05, 3.63) is 12.2 Å². The number of hydrogen-bond acceptors (Lipinski definition) is 4. The van der Waals surface area contributed by atoms with Gasteiger partial charge in [0.1, 0.15) is 6.79 Å². The van der Waals surface area contributed by atoms with Crippen LogP contribution in [0.5, 0.6) is 0 Å². The van der Waals surface area contributed by atoms with Gasteiger partial charge >= 0.3 is 8.80 Å². The Morgan fingerprint density at radius 2 is 1.75 bits per heavy atom. The molecule has 0 aromatic rings. The smallest absolute Gasteiger partial charge is 0.377 e. The van der Waals surface area contributed by atoms with E-state index in [2.05, 4.69) is 26.8 Å². The second kappa shape index (κ2) is 10.5. The topological polar surface area (TPSA) is 36.9 Å². The van der Waals surface area contributed by atoms with E-state index in [9.17, 15) is 0 Å². The lowest BCUT2D eigenvalue weighted by molar-refractivity contribution is -0.0988. The molecule has 1 unspecified atom stereocenters. The summed E-state index contributed by atoms with van der Waals surface area (Å²) in [6.45, 7) is 8.58. The molecule has 0 radical (unpaired) electrons. The van der Waals surface area contributed by atoms with Gasteiger partial charge in [0.2, 0.25) is 0 Å². The van der Waals surface area contributed by atoms with Crippen LogP contribution in [0.25, 0.3) is 0 Å². The van der Waals surface area contributed by atoms with Crippen molar-refractivity contribution in [1.82, 2.24) is 0 Å². The first-order valence-electron chi connectivity index (χ1n) is 7.53. The van der Waals surface area contributed by atoms with Crippen LogP contribution >= 0.6 is 0 Å². The van der Waals surface area contributed by atoms with Gasteiger partial charge in [-0.25, -0.2) is 0 Å². The van der Waals surface area contributed by atoms with Gasteiger partial charge in [-0.2, -0.15) is 0 Å². The highest BCUT2D eigenvalue weighted by Crippen LogP contribution is 2.22. The third-order valence-corrected chi connectivity index (χ3v) is 6.31. The Hall–Kier alpha value is -0.203. The lowest BCUT2D eigenvalue weighted by atomic mass is 9.98. The first-order chi connectivity index (χ1) is 9.51. The van der Waals surface area contributed by atoms with Crippen molar-refractivity contribution in [2.45, 2.75) is 65.0 Å². The van der Waals surface area contributed by atoms with E-state index in [-0.39, 0.29) is 12.4 Å². The molecule has 0 N–H and O–H groups in total. The highest BCUT2D eigenvalue weighted by Gasteiger charge is 2.38. The minimum Gasteiger partial charge on any atom is -0.377 e. The number of rotatable bonds is 12. The molecule has 0 aliphatic rings. The molecule has 0 saturated carbocycles. The zero-order valence-corrected chi connectivity index (χ0v) is 15.0. The Morgan fingerprint density at radius 3 is 2.20 bits per heavy atom. The highest BCUT2D eigenvalue weighted by molar-refractivity contribution is 6.60. The molecule has 0 heterocycles. The average molecular weight is 305 g/mol. The molecular formula is C15H32O4Si. The first-order valence-corrected chi connectivity index (χ1v) is 9.46. The Balaban J connectivity index is 4.47. The fourth-order valence-electron chi connectivity index (χ4n) is 2.12. The molecule has 0 amide bonds. The highest BCUT2D eigenvalue weighted by atomic mass is 28.4. The van der Waals surface area contributed by atoms with Crippen molar-refractivity contribution in [3.63, 3.8) is 0 Å². The largest absolute Gasteiger partial charge is 0.502 e. The SMILES string of the molecule is CC=CC(C)(CCCC)OCO[Si](CCC)(OC)OC. The molecule has 0 saturated heterocycles. The summed E-state index contributed by atoms with van der Waals surface area (Å²) in [5.74, 6) is 0. The molecule has 0 spiro atoms. The summed E-state index contributed by atoms with van der Waals surface area (Å²) in [6, 6.07) is 0.804. The van der Waals surface area contributed by atoms with Gasteiger partial charge in [0, 0.05) is 20.3 Å². The van der Waals surface area contributed by atoms with Crippen LogP contribution in [0.2, 0.25) is 6.04 Å². The van der Waals surface area contributed by atoms with Crippen molar-refractivity contribution in [1.29, 1.82) is 0 Å². The van der Waals surface area contributed by atoms with E-state index < -0.39 is 8.80 Å². The van der Waals surface area contributed by atoms with Crippen molar-refractivity contribution < 1.29 is 18.0 Å². The van der Waals surface area contributed by atoms with Crippen LogP contribution in [0.3, 0.4) is 0 Å². The van der Waals surface area contributed by atoms with Crippen LogP contribution in [0.1, 0.15) is 53.4 Å². The quantitative estimate of drug-likeness (QED) is 0.308. The van der Waals surface area contributed by atoms with Crippen LogP contribution in [0.4, 0.5) is 0 Å². The predicted molar refractivity (Wildman–Crippen MR) is 84.7 cm³/mol. The fourth-order valence-corrected chi connectivity index (χ4v) is 3.93. The van der Waals surface area contributed by atoms with Gasteiger partial charge in [0.05, 0.1) is 5.60 Å². The van der Waals surface area contributed by atoms with E-state index >= 15 is 0 Å². The molecular weight excluding hydrogens is 272 g/mol. The Bertz CT molecular complexity index is 267. The van der Waals surface area contributed by atoms with Crippen molar-refractivity contribution in [2.24, 2.45) is 0 Å². The lowest BCUT2D eigenvalue weighted by Gasteiger charge is -2.30. The Kier molecular flexibility index (Phi) is 10.4. The van der Waals surface area contributed by atoms with Gasteiger partial charge in [-0.1, -0.05) is 45.3 Å². The van der Waals surface area contributed by atoms with Gasteiger partial charge in [-0.05, 0) is 20.3 Å². The van der Waals surface area contributed by atoms with E-state index in [0.717, 1.165) is 31.7 Å². The second-order valence-corrected chi connectivity index (χ2v) is 8.14. The van der Waals surface area contributed by atoms with Gasteiger partial charge in [0.15, 0.2) is 0 Å². The molecule has 1 atom stereocenters. The molecule has 0 rings (SSSR count). The number of unbranched alkanes of at least 4 members (excludes halogenated alkanes) is 1. The minimum absolute atomic E-state index is 0.207.